The van der Waals surface area contributed by atoms with E-state index in [0.29, 0.717) is 24.1 Å². The van der Waals surface area contributed by atoms with Crippen molar-refractivity contribution >= 4 is 15.6 Å². The molecule has 0 bridgehead atoms. The quantitative estimate of drug-likeness (QED) is 0.858. The summed E-state index contributed by atoms with van der Waals surface area (Å²) in [6, 6.07) is 4.60. The van der Waals surface area contributed by atoms with Crippen LogP contribution in [0.15, 0.2) is 34.1 Å². The molecule has 0 amide bonds. The van der Waals surface area contributed by atoms with Crippen molar-refractivity contribution < 1.29 is 13.2 Å². The molecule has 24 heavy (non-hydrogen) atoms. The summed E-state index contributed by atoms with van der Waals surface area (Å²) in [7, 11) is -3.31. The lowest BCUT2D eigenvalue weighted by Gasteiger charge is -2.32. The van der Waals surface area contributed by atoms with E-state index in [1.54, 1.807) is 13.0 Å². The molecule has 1 N–H and O–H groups in total. The first kappa shape index (κ1) is 16.7. The lowest BCUT2D eigenvalue weighted by Crippen LogP contribution is -2.30. The molecule has 2 heterocycles. The summed E-state index contributed by atoms with van der Waals surface area (Å²) in [5, 5.41) is 2.75. The minimum Gasteiger partial charge on any atom is -0.302 e. The van der Waals surface area contributed by atoms with E-state index in [9.17, 15) is 18.0 Å². The number of hydrogen-bond donors (Lipinski definition) is 1. The number of aromatic amines is 1. The molecule has 0 saturated carbocycles. The third kappa shape index (κ3) is 2.53. The van der Waals surface area contributed by atoms with Crippen LogP contribution in [-0.2, 0) is 21.8 Å². The molecule has 2 aromatic rings. The van der Waals surface area contributed by atoms with Gasteiger partial charge in [-0.25, -0.2) is 8.42 Å². The fraction of sp³-hybridized carbons (Fsp3) is 0.412. The Balaban J connectivity index is 2.13. The van der Waals surface area contributed by atoms with E-state index in [-0.39, 0.29) is 27.2 Å². The van der Waals surface area contributed by atoms with Crippen molar-refractivity contribution in [3.63, 3.8) is 0 Å². The highest BCUT2D eigenvalue weighted by molar-refractivity contribution is 7.91. The molecule has 0 atom stereocenters. The third-order valence-corrected chi connectivity index (χ3v) is 6.47. The van der Waals surface area contributed by atoms with Crippen LogP contribution in [0, 0.1) is 0 Å². The first-order chi connectivity index (χ1) is 11.2. The molecule has 1 aliphatic heterocycles. The zero-order valence-corrected chi connectivity index (χ0v) is 14.7. The van der Waals surface area contributed by atoms with Gasteiger partial charge in [-0.2, -0.15) is 0 Å². The number of nitrogens with zero attached hydrogens (tertiary/aromatic N) is 1. The standard InChI is InChI=1S/C17H20N2O4S/c1-4-19-16(21)12(10-18-19)15(20)11-5-6-14-13(9-11)17(2,3)7-8-24(14,22)23/h5-6,9-10,18H,4,7-8H2,1-3H3. The van der Waals surface area contributed by atoms with Gasteiger partial charge in [0.25, 0.3) is 5.56 Å². The van der Waals surface area contributed by atoms with Gasteiger partial charge >= 0.3 is 0 Å². The maximum Gasteiger partial charge on any atom is 0.277 e. The zero-order chi connectivity index (χ0) is 17.7. The van der Waals surface area contributed by atoms with Gasteiger partial charge in [0.05, 0.1) is 10.6 Å². The topological polar surface area (TPSA) is 89.0 Å². The molecule has 128 valence electrons. The Hall–Kier alpha value is -2.15. The summed E-state index contributed by atoms with van der Waals surface area (Å²) in [6.07, 6.45) is 1.91. The highest BCUT2D eigenvalue weighted by Gasteiger charge is 2.36. The number of fused-ring (bicyclic) bond motifs is 1. The van der Waals surface area contributed by atoms with E-state index in [1.807, 2.05) is 13.8 Å². The van der Waals surface area contributed by atoms with Crippen LogP contribution in [0.4, 0.5) is 0 Å². The van der Waals surface area contributed by atoms with Crippen LogP contribution < -0.4 is 5.56 Å². The van der Waals surface area contributed by atoms with Crippen molar-refractivity contribution in [1.82, 2.24) is 9.78 Å². The molecular weight excluding hydrogens is 328 g/mol. The van der Waals surface area contributed by atoms with E-state index in [2.05, 4.69) is 5.10 Å². The Kier molecular flexibility index (Phi) is 3.79. The number of benzene rings is 1. The molecule has 0 fully saturated rings. The maximum atomic E-state index is 12.7. The Morgan fingerprint density at radius 3 is 2.67 bits per heavy atom. The van der Waals surface area contributed by atoms with Crippen molar-refractivity contribution in [2.75, 3.05) is 5.75 Å². The van der Waals surface area contributed by atoms with Gasteiger partial charge in [-0.3, -0.25) is 14.3 Å². The monoisotopic (exact) mass is 348 g/mol. The normalized spacial score (nSPS) is 18.1. The smallest absolute Gasteiger partial charge is 0.277 e. The highest BCUT2D eigenvalue weighted by Crippen LogP contribution is 2.38. The van der Waals surface area contributed by atoms with E-state index in [4.69, 9.17) is 0 Å². The lowest BCUT2D eigenvalue weighted by atomic mass is 9.80. The van der Waals surface area contributed by atoms with E-state index in [1.165, 1.54) is 23.0 Å². The second-order valence-electron chi connectivity index (χ2n) is 6.73. The van der Waals surface area contributed by atoms with Gasteiger partial charge < -0.3 is 5.10 Å². The minimum absolute atomic E-state index is 0.0632. The maximum absolute atomic E-state index is 12.7. The highest BCUT2D eigenvalue weighted by atomic mass is 32.2. The molecule has 1 aromatic heterocycles. The minimum atomic E-state index is -3.31. The van der Waals surface area contributed by atoms with Gasteiger partial charge in [-0.05, 0) is 42.5 Å². The number of carbonyl (C=O) groups excluding carboxylic acids is 1. The van der Waals surface area contributed by atoms with Crippen LogP contribution in [0.3, 0.4) is 0 Å². The van der Waals surface area contributed by atoms with Gasteiger partial charge in [0, 0.05) is 18.3 Å². The predicted molar refractivity (Wildman–Crippen MR) is 90.3 cm³/mol. The number of nitrogens with one attached hydrogen (secondary N) is 1. The van der Waals surface area contributed by atoms with E-state index >= 15 is 0 Å². The SMILES string of the molecule is CCn1[nH]cc(C(=O)c2ccc3c(c2)C(C)(C)CCS3(=O)=O)c1=O. The van der Waals surface area contributed by atoms with Gasteiger partial charge in [0.2, 0.25) is 0 Å². The van der Waals surface area contributed by atoms with Crippen LogP contribution in [0.25, 0.3) is 0 Å². The number of sulfone groups is 1. The molecule has 0 saturated heterocycles. The number of carbonyl (C=O) groups is 1. The molecule has 1 aliphatic rings. The number of aryl methyl sites for hydroxylation is 1. The Labute approximate surface area is 140 Å². The largest absolute Gasteiger partial charge is 0.302 e. The number of ketones is 1. The summed E-state index contributed by atoms with van der Waals surface area (Å²) < 4.78 is 25.9. The van der Waals surface area contributed by atoms with Crippen molar-refractivity contribution in [3.05, 3.63) is 51.4 Å². The van der Waals surface area contributed by atoms with Gasteiger partial charge in [0.15, 0.2) is 15.6 Å². The average molecular weight is 348 g/mol. The Morgan fingerprint density at radius 1 is 1.33 bits per heavy atom. The summed E-state index contributed by atoms with van der Waals surface area (Å²) in [5.41, 5.74) is 0.336. The molecule has 3 rings (SSSR count). The number of rotatable bonds is 3. The van der Waals surface area contributed by atoms with Gasteiger partial charge in [-0.1, -0.05) is 13.8 Å². The molecular formula is C17H20N2O4S. The average Bonchev–Trinajstić information content (AvgIpc) is 2.91. The molecule has 0 unspecified atom stereocenters. The molecule has 0 radical (unpaired) electrons. The van der Waals surface area contributed by atoms with Crippen LogP contribution in [0.2, 0.25) is 0 Å². The van der Waals surface area contributed by atoms with Crippen molar-refractivity contribution in [3.8, 4) is 0 Å². The first-order valence-electron chi connectivity index (χ1n) is 7.87. The molecule has 6 nitrogen and oxygen atoms in total. The van der Waals surface area contributed by atoms with Crippen molar-refractivity contribution in [2.45, 2.75) is 44.0 Å². The summed E-state index contributed by atoms with van der Waals surface area (Å²) in [6.45, 7) is 6.18. The van der Waals surface area contributed by atoms with Crippen LogP contribution >= 0.6 is 0 Å². The summed E-state index contributed by atoms with van der Waals surface area (Å²) >= 11 is 0. The summed E-state index contributed by atoms with van der Waals surface area (Å²) in [4.78, 5) is 25.1. The lowest BCUT2D eigenvalue weighted by molar-refractivity contribution is 0.103. The molecule has 0 spiro atoms. The second-order valence-corrected chi connectivity index (χ2v) is 8.81. The number of hydrogen-bond acceptors (Lipinski definition) is 4. The fourth-order valence-electron chi connectivity index (χ4n) is 3.07. The number of H-pyrrole nitrogens is 1. The van der Waals surface area contributed by atoms with E-state index < -0.39 is 15.6 Å². The third-order valence-electron chi connectivity index (χ3n) is 4.70. The Morgan fingerprint density at radius 2 is 2.04 bits per heavy atom. The summed E-state index contributed by atoms with van der Waals surface area (Å²) in [5.74, 6) is -0.288. The Bertz CT molecular complexity index is 980. The number of aromatic nitrogens is 2. The van der Waals surface area contributed by atoms with Gasteiger partial charge in [0.1, 0.15) is 5.56 Å². The molecule has 1 aromatic carbocycles. The van der Waals surface area contributed by atoms with Crippen LogP contribution in [0.1, 0.15) is 48.7 Å². The van der Waals surface area contributed by atoms with Crippen LogP contribution in [-0.4, -0.2) is 29.7 Å². The molecule has 7 heteroatoms. The van der Waals surface area contributed by atoms with Crippen molar-refractivity contribution in [1.29, 1.82) is 0 Å². The first-order valence-corrected chi connectivity index (χ1v) is 9.53. The second kappa shape index (κ2) is 5.44. The molecule has 0 aliphatic carbocycles. The zero-order valence-electron chi connectivity index (χ0n) is 13.9. The predicted octanol–water partition coefficient (Wildman–Crippen LogP) is 1.88. The van der Waals surface area contributed by atoms with Gasteiger partial charge in [-0.15, -0.1) is 0 Å². The fourth-order valence-corrected chi connectivity index (χ4v) is 5.01. The van der Waals surface area contributed by atoms with E-state index in [0.717, 1.165) is 0 Å². The van der Waals surface area contributed by atoms with Crippen molar-refractivity contribution in [2.24, 2.45) is 0 Å². The van der Waals surface area contributed by atoms with Crippen LogP contribution in [0.5, 0.6) is 0 Å².